The lowest BCUT2D eigenvalue weighted by Crippen LogP contribution is -2.17. The van der Waals surface area contributed by atoms with E-state index in [-0.39, 0.29) is 12.3 Å². The van der Waals surface area contributed by atoms with Crippen LogP contribution in [0.25, 0.3) is 10.8 Å². The molecule has 0 unspecified atom stereocenters. The van der Waals surface area contributed by atoms with E-state index in [0.29, 0.717) is 34.5 Å². The van der Waals surface area contributed by atoms with E-state index in [4.69, 9.17) is 14.2 Å². The van der Waals surface area contributed by atoms with Crippen LogP contribution in [0.4, 0.5) is 5.69 Å². The van der Waals surface area contributed by atoms with Gasteiger partial charge in [-0.05, 0) is 78.4 Å². The van der Waals surface area contributed by atoms with Gasteiger partial charge in [-0.25, -0.2) is 9.78 Å². The maximum atomic E-state index is 12.5. The van der Waals surface area contributed by atoms with Crippen LogP contribution in [0.2, 0.25) is 0 Å². The summed E-state index contributed by atoms with van der Waals surface area (Å²) < 4.78 is 16.8. The SMILES string of the molecule is COC(=O)c1ccccc1NC(=O)Cc1ccc(Oc2ccc3cc(OC4CCCC4)ccc3c2)nc1. The molecule has 188 valence electrons. The number of nitrogens with zero attached hydrogens (tertiary/aromatic N) is 1. The molecule has 1 aliphatic rings. The van der Waals surface area contributed by atoms with Crippen molar-refractivity contribution < 1.29 is 23.8 Å². The van der Waals surface area contributed by atoms with Crippen molar-refractivity contribution in [2.24, 2.45) is 0 Å². The Kier molecular flexibility index (Phi) is 7.31. The number of amides is 1. The zero-order valence-electron chi connectivity index (χ0n) is 20.6. The van der Waals surface area contributed by atoms with Crippen LogP contribution in [0.3, 0.4) is 0 Å². The number of rotatable bonds is 8. The predicted molar refractivity (Wildman–Crippen MR) is 141 cm³/mol. The number of pyridine rings is 1. The van der Waals surface area contributed by atoms with Crippen LogP contribution in [0.1, 0.15) is 41.6 Å². The van der Waals surface area contributed by atoms with Gasteiger partial charge < -0.3 is 19.5 Å². The van der Waals surface area contributed by atoms with Crippen molar-refractivity contribution in [2.75, 3.05) is 12.4 Å². The number of carbonyl (C=O) groups excluding carboxylic acids is 2. The van der Waals surface area contributed by atoms with E-state index in [9.17, 15) is 9.59 Å². The van der Waals surface area contributed by atoms with Gasteiger partial charge in [0.05, 0.1) is 30.9 Å². The van der Waals surface area contributed by atoms with Crippen LogP contribution in [0.15, 0.2) is 79.0 Å². The van der Waals surface area contributed by atoms with E-state index in [2.05, 4.69) is 16.4 Å². The third kappa shape index (κ3) is 6.06. The average molecular weight is 497 g/mol. The zero-order valence-corrected chi connectivity index (χ0v) is 20.6. The topological polar surface area (TPSA) is 86.8 Å². The molecule has 0 bridgehead atoms. The maximum Gasteiger partial charge on any atom is 0.339 e. The lowest BCUT2D eigenvalue weighted by Gasteiger charge is -2.14. The Hall–Kier alpha value is -4.39. The first kappa shape index (κ1) is 24.3. The minimum absolute atomic E-state index is 0.101. The summed E-state index contributed by atoms with van der Waals surface area (Å²) in [5.41, 5.74) is 1.42. The molecular formula is C30H28N2O5. The number of ether oxygens (including phenoxy) is 3. The van der Waals surface area contributed by atoms with Crippen LogP contribution in [-0.2, 0) is 16.0 Å². The molecule has 3 aromatic carbocycles. The van der Waals surface area contributed by atoms with Crippen molar-refractivity contribution in [3.8, 4) is 17.4 Å². The largest absolute Gasteiger partial charge is 0.490 e. The summed E-state index contributed by atoms with van der Waals surface area (Å²) in [7, 11) is 1.30. The molecule has 0 radical (unpaired) electrons. The molecule has 0 spiro atoms. The highest BCUT2D eigenvalue weighted by molar-refractivity contribution is 6.01. The molecule has 1 aromatic heterocycles. The fourth-order valence-electron chi connectivity index (χ4n) is 4.49. The van der Waals surface area contributed by atoms with Crippen molar-refractivity contribution in [1.29, 1.82) is 0 Å². The second kappa shape index (κ2) is 11.1. The Morgan fingerprint density at radius 3 is 2.38 bits per heavy atom. The highest BCUT2D eigenvalue weighted by Gasteiger charge is 2.17. The lowest BCUT2D eigenvalue weighted by molar-refractivity contribution is -0.115. The van der Waals surface area contributed by atoms with Crippen molar-refractivity contribution in [2.45, 2.75) is 38.2 Å². The third-order valence-corrected chi connectivity index (χ3v) is 6.38. The van der Waals surface area contributed by atoms with Gasteiger partial charge in [0.2, 0.25) is 11.8 Å². The molecule has 0 aliphatic heterocycles. The Balaban J connectivity index is 1.20. The number of anilines is 1. The van der Waals surface area contributed by atoms with E-state index in [1.807, 2.05) is 30.3 Å². The van der Waals surface area contributed by atoms with Crippen LogP contribution >= 0.6 is 0 Å². The fourth-order valence-corrected chi connectivity index (χ4v) is 4.49. The van der Waals surface area contributed by atoms with Crippen molar-refractivity contribution >= 4 is 28.3 Å². The molecule has 37 heavy (non-hydrogen) atoms. The Labute approximate surface area is 215 Å². The van der Waals surface area contributed by atoms with Gasteiger partial charge in [0.15, 0.2) is 0 Å². The first-order valence-corrected chi connectivity index (χ1v) is 12.4. The first-order chi connectivity index (χ1) is 18.1. The van der Waals surface area contributed by atoms with Crippen LogP contribution in [0, 0.1) is 0 Å². The van der Waals surface area contributed by atoms with E-state index < -0.39 is 5.97 Å². The molecule has 7 heteroatoms. The van der Waals surface area contributed by atoms with Gasteiger partial charge in [-0.15, -0.1) is 0 Å². The lowest BCUT2D eigenvalue weighted by atomic mass is 10.1. The van der Waals surface area contributed by atoms with E-state index in [0.717, 1.165) is 29.4 Å². The minimum Gasteiger partial charge on any atom is -0.490 e. The number of carbonyl (C=O) groups is 2. The van der Waals surface area contributed by atoms with E-state index in [1.54, 1.807) is 42.6 Å². The smallest absolute Gasteiger partial charge is 0.339 e. The van der Waals surface area contributed by atoms with E-state index >= 15 is 0 Å². The summed E-state index contributed by atoms with van der Waals surface area (Å²) in [4.78, 5) is 28.8. The summed E-state index contributed by atoms with van der Waals surface area (Å²) >= 11 is 0. The molecular weight excluding hydrogens is 468 g/mol. The molecule has 7 nitrogen and oxygen atoms in total. The number of esters is 1. The molecule has 1 fully saturated rings. The maximum absolute atomic E-state index is 12.5. The van der Waals surface area contributed by atoms with Crippen molar-refractivity contribution in [3.63, 3.8) is 0 Å². The summed E-state index contributed by atoms with van der Waals surface area (Å²) in [5, 5.41) is 4.90. The van der Waals surface area contributed by atoms with Gasteiger partial charge in [0.1, 0.15) is 11.5 Å². The molecule has 5 rings (SSSR count). The molecule has 0 saturated heterocycles. The number of para-hydroxylation sites is 1. The number of fused-ring (bicyclic) bond motifs is 1. The molecule has 1 N–H and O–H groups in total. The quantitative estimate of drug-likeness (QED) is 0.288. The number of aromatic nitrogens is 1. The monoisotopic (exact) mass is 496 g/mol. The van der Waals surface area contributed by atoms with Crippen molar-refractivity contribution in [3.05, 3.63) is 90.1 Å². The third-order valence-electron chi connectivity index (χ3n) is 6.38. The number of hydrogen-bond acceptors (Lipinski definition) is 6. The number of nitrogens with one attached hydrogen (secondary N) is 1. The minimum atomic E-state index is -0.509. The number of hydrogen-bond donors (Lipinski definition) is 1. The van der Waals surface area contributed by atoms with Gasteiger partial charge in [-0.1, -0.05) is 30.3 Å². The molecule has 4 aromatic rings. The molecule has 1 amide bonds. The summed E-state index contributed by atoms with van der Waals surface area (Å²) in [6.45, 7) is 0. The summed E-state index contributed by atoms with van der Waals surface area (Å²) in [6, 6.07) is 22.2. The van der Waals surface area contributed by atoms with Crippen LogP contribution < -0.4 is 14.8 Å². The van der Waals surface area contributed by atoms with E-state index in [1.165, 1.54) is 20.0 Å². The number of methoxy groups -OCH3 is 1. The average Bonchev–Trinajstić information content (AvgIpc) is 3.43. The summed E-state index contributed by atoms with van der Waals surface area (Å²) in [5.74, 6) is 1.24. The first-order valence-electron chi connectivity index (χ1n) is 12.4. The highest BCUT2D eigenvalue weighted by atomic mass is 16.5. The Morgan fingerprint density at radius 1 is 0.919 bits per heavy atom. The molecule has 1 aliphatic carbocycles. The Bertz CT molecular complexity index is 1410. The second-order valence-electron chi connectivity index (χ2n) is 9.06. The standard InChI is InChI=1S/C30H28N2O5/c1-35-30(34)26-8-4-5-9-27(26)32-28(33)16-20-10-15-29(31-19-20)37-25-14-12-21-17-24(13-11-22(21)18-25)36-23-6-2-3-7-23/h4-5,8-15,17-19,23H,2-3,6-7,16H2,1H3,(H,32,33). The fraction of sp³-hybridized carbons (Fsp3) is 0.233. The zero-order chi connectivity index (χ0) is 25.6. The molecule has 0 atom stereocenters. The Morgan fingerprint density at radius 2 is 1.65 bits per heavy atom. The molecule has 1 saturated carbocycles. The van der Waals surface area contributed by atoms with Gasteiger partial charge in [0.25, 0.3) is 0 Å². The van der Waals surface area contributed by atoms with Crippen LogP contribution in [-0.4, -0.2) is 30.1 Å². The molecule has 1 heterocycles. The normalized spacial score (nSPS) is 13.3. The highest BCUT2D eigenvalue weighted by Crippen LogP contribution is 2.30. The van der Waals surface area contributed by atoms with Gasteiger partial charge in [0, 0.05) is 12.3 Å². The van der Waals surface area contributed by atoms with Gasteiger partial charge >= 0.3 is 5.97 Å². The van der Waals surface area contributed by atoms with Crippen molar-refractivity contribution in [1.82, 2.24) is 4.98 Å². The van der Waals surface area contributed by atoms with Crippen LogP contribution in [0.5, 0.6) is 17.4 Å². The summed E-state index contributed by atoms with van der Waals surface area (Å²) in [6.07, 6.45) is 6.78. The van der Waals surface area contributed by atoms with Gasteiger partial charge in [-0.2, -0.15) is 0 Å². The van der Waals surface area contributed by atoms with Gasteiger partial charge in [-0.3, -0.25) is 4.79 Å². The number of benzene rings is 3. The second-order valence-corrected chi connectivity index (χ2v) is 9.06. The predicted octanol–water partition coefficient (Wildman–Crippen LogP) is 6.32.